The first-order valence-electron chi connectivity index (χ1n) is 11.0. The van der Waals surface area contributed by atoms with Gasteiger partial charge in [0.1, 0.15) is 16.5 Å². The number of aromatic nitrogens is 1. The lowest BCUT2D eigenvalue weighted by molar-refractivity contribution is 0.416. The first-order valence-corrected chi connectivity index (χ1v) is 14.7. The molecule has 0 fully saturated rings. The van der Waals surface area contributed by atoms with Crippen molar-refractivity contribution in [3.63, 3.8) is 0 Å². The fourth-order valence-electron chi connectivity index (χ4n) is 4.12. The van der Waals surface area contributed by atoms with Crippen LogP contribution >= 0.6 is 34.7 Å². The Kier molecular flexibility index (Phi) is 8.49. The molecule has 5 nitrogen and oxygen atoms in total. The predicted octanol–water partition coefficient (Wildman–Crippen LogP) is 6.44. The van der Waals surface area contributed by atoms with Crippen molar-refractivity contribution in [3.05, 3.63) is 76.3 Å². The van der Waals surface area contributed by atoms with Gasteiger partial charge in [0.05, 0.1) is 5.02 Å². The second-order valence-corrected chi connectivity index (χ2v) is 12.0. The summed E-state index contributed by atoms with van der Waals surface area (Å²) in [5.74, 6) is -0.514. The number of hydrogen-bond acceptors (Lipinski definition) is 6. The first-order chi connectivity index (χ1) is 16.8. The Labute approximate surface area is 217 Å². The van der Waals surface area contributed by atoms with Gasteiger partial charge in [-0.25, -0.2) is 22.2 Å². The molecular weight excluding hydrogens is 532 g/mol. The molecular formula is C24H24ClF2N3O2S3. The number of rotatable bonds is 9. The maximum atomic E-state index is 14.9. The second kappa shape index (κ2) is 11.4. The number of allylic oxidation sites excluding steroid dienone is 1. The third kappa shape index (κ3) is 6.24. The van der Waals surface area contributed by atoms with E-state index in [4.69, 9.17) is 11.6 Å². The highest BCUT2D eigenvalue weighted by Crippen LogP contribution is 2.39. The van der Waals surface area contributed by atoms with E-state index in [1.165, 1.54) is 30.1 Å². The van der Waals surface area contributed by atoms with Crippen molar-refractivity contribution in [3.8, 4) is 0 Å². The Morgan fingerprint density at radius 1 is 1.23 bits per heavy atom. The van der Waals surface area contributed by atoms with Crippen LogP contribution in [0, 0.1) is 17.6 Å². The Bertz CT molecular complexity index is 1300. The highest BCUT2D eigenvalue weighted by atomic mass is 35.5. The van der Waals surface area contributed by atoms with Crippen molar-refractivity contribution in [1.29, 1.82) is 0 Å². The van der Waals surface area contributed by atoms with Crippen molar-refractivity contribution in [1.82, 2.24) is 10.3 Å². The third-order valence-electron chi connectivity index (χ3n) is 5.72. The van der Waals surface area contributed by atoms with E-state index in [9.17, 15) is 17.2 Å². The number of hydrogen-bond donors (Lipinski definition) is 2. The number of anilines is 1. The molecule has 1 aliphatic rings. The van der Waals surface area contributed by atoms with Gasteiger partial charge in [-0.3, -0.25) is 4.72 Å². The van der Waals surface area contributed by atoms with Gasteiger partial charge in [-0.05, 0) is 54.8 Å². The Hall–Kier alpha value is -1.98. The van der Waals surface area contributed by atoms with E-state index >= 15 is 0 Å². The topological polar surface area (TPSA) is 71.1 Å². The highest BCUT2D eigenvalue weighted by molar-refractivity contribution is 7.99. The monoisotopic (exact) mass is 555 g/mol. The zero-order chi connectivity index (χ0) is 25.0. The summed E-state index contributed by atoms with van der Waals surface area (Å²) in [5.41, 5.74) is 2.06. The number of benzene rings is 2. The van der Waals surface area contributed by atoms with Crippen LogP contribution in [0.15, 0.2) is 63.8 Å². The molecule has 0 bridgehead atoms. The summed E-state index contributed by atoms with van der Waals surface area (Å²) in [6.07, 6.45) is 5.48. The van der Waals surface area contributed by atoms with Crippen LogP contribution in [0.1, 0.15) is 25.3 Å². The number of thiazole rings is 1. The fraction of sp³-hybridized carbons (Fsp3) is 0.292. The molecule has 0 radical (unpaired) electrons. The summed E-state index contributed by atoms with van der Waals surface area (Å²) in [7, 11) is -4.17. The molecule has 2 N–H and O–H groups in total. The van der Waals surface area contributed by atoms with Gasteiger partial charge in [-0.15, -0.1) is 23.1 Å². The molecule has 1 aromatic heterocycles. The second-order valence-electron chi connectivity index (χ2n) is 7.98. The van der Waals surface area contributed by atoms with Crippen LogP contribution < -0.4 is 10.0 Å². The smallest absolute Gasteiger partial charge is 0.266 e. The molecule has 2 atom stereocenters. The van der Waals surface area contributed by atoms with Gasteiger partial charge < -0.3 is 5.32 Å². The van der Waals surface area contributed by atoms with E-state index in [0.29, 0.717) is 10.6 Å². The van der Waals surface area contributed by atoms with E-state index < -0.39 is 20.7 Å². The van der Waals surface area contributed by atoms with Crippen molar-refractivity contribution in [2.24, 2.45) is 5.92 Å². The van der Waals surface area contributed by atoms with Crippen LogP contribution in [0.3, 0.4) is 0 Å². The molecule has 0 amide bonds. The van der Waals surface area contributed by atoms with Crippen molar-refractivity contribution in [2.45, 2.75) is 35.6 Å². The number of sulfonamides is 1. The normalized spacial score (nSPS) is 18.3. The zero-order valence-corrected chi connectivity index (χ0v) is 22.0. The van der Waals surface area contributed by atoms with Gasteiger partial charge in [0.25, 0.3) is 10.0 Å². The molecule has 0 saturated carbocycles. The molecule has 4 rings (SSSR count). The first kappa shape index (κ1) is 26.1. The SMILES string of the molecule is CCNC1CCC=C(c2ccc(F)cc2)C1CSc1cc(F)c(S(=O)(=O)Nc2nccs2)cc1Cl. The number of nitrogens with zero attached hydrogens (tertiary/aromatic N) is 1. The largest absolute Gasteiger partial charge is 0.314 e. The van der Waals surface area contributed by atoms with Gasteiger partial charge in [-0.1, -0.05) is 36.7 Å². The molecule has 3 aromatic rings. The molecule has 2 unspecified atom stereocenters. The summed E-state index contributed by atoms with van der Waals surface area (Å²) >= 11 is 8.87. The van der Waals surface area contributed by atoms with E-state index in [1.54, 1.807) is 17.5 Å². The molecule has 0 saturated heterocycles. The number of thioether (sulfide) groups is 1. The van der Waals surface area contributed by atoms with Gasteiger partial charge in [-0.2, -0.15) is 0 Å². The van der Waals surface area contributed by atoms with Crippen LogP contribution in [0.25, 0.3) is 5.57 Å². The minimum Gasteiger partial charge on any atom is -0.314 e. The van der Waals surface area contributed by atoms with Crippen LogP contribution in [0.4, 0.5) is 13.9 Å². The lowest BCUT2D eigenvalue weighted by Crippen LogP contribution is -2.39. The lowest BCUT2D eigenvalue weighted by Gasteiger charge is -2.33. The van der Waals surface area contributed by atoms with Crippen LogP contribution in [0.5, 0.6) is 0 Å². The highest BCUT2D eigenvalue weighted by Gasteiger charge is 2.29. The summed E-state index contributed by atoms with van der Waals surface area (Å²) < 4.78 is 56.0. The standard InChI is InChI=1S/C24H24ClF2N3O2S3/c1-2-28-21-5-3-4-17(15-6-8-16(26)9-7-15)18(21)14-34-22-13-20(27)23(12-19(22)25)35(31,32)30-24-29-10-11-33-24/h4,6-13,18,21,28H,2-3,5,14H2,1H3,(H,29,30). The fourth-order valence-corrected chi connectivity index (χ4v) is 7.55. The van der Waals surface area contributed by atoms with Crippen LogP contribution in [-0.2, 0) is 10.0 Å². The average molecular weight is 556 g/mol. The zero-order valence-electron chi connectivity index (χ0n) is 18.8. The average Bonchev–Trinajstić information content (AvgIpc) is 3.33. The molecule has 1 heterocycles. The molecule has 35 heavy (non-hydrogen) atoms. The summed E-state index contributed by atoms with van der Waals surface area (Å²) in [6, 6.07) is 8.93. The molecule has 0 aliphatic heterocycles. The van der Waals surface area contributed by atoms with Gasteiger partial charge >= 0.3 is 0 Å². The summed E-state index contributed by atoms with van der Waals surface area (Å²) in [5, 5.41) is 5.44. The third-order valence-corrected chi connectivity index (χ3v) is 9.49. The maximum Gasteiger partial charge on any atom is 0.266 e. The van der Waals surface area contributed by atoms with Crippen LogP contribution in [-0.4, -0.2) is 31.7 Å². The van der Waals surface area contributed by atoms with E-state index in [1.807, 2.05) is 6.92 Å². The Balaban J connectivity index is 1.56. The summed E-state index contributed by atoms with van der Waals surface area (Å²) in [4.78, 5) is 3.80. The van der Waals surface area contributed by atoms with E-state index in [2.05, 4.69) is 21.1 Å². The summed E-state index contributed by atoms with van der Waals surface area (Å²) in [6.45, 7) is 2.85. The predicted molar refractivity (Wildman–Crippen MR) is 140 cm³/mol. The Morgan fingerprint density at radius 3 is 2.69 bits per heavy atom. The number of nitrogens with one attached hydrogen (secondary N) is 2. The molecule has 0 spiro atoms. The van der Waals surface area contributed by atoms with Crippen molar-refractivity contribution in [2.75, 3.05) is 17.0 Å². The minimum atomic E-state index is -4.17. The van der Waals surface area contributed by atoms with Crippen molar-refractivity contribution >= 4 is 55.4 Å². The van der Waals surface area contributed by atoms with E-state index in [-0.39, 0.29) is 27.9 Å². The van der Waals surface area contributed by atoms with Crippen molar-refractivity contribution < 1.29 is 17.2 Å². The lowest BCUT2D eigenvalue weighted by atomic mass is 9.81. The molecule has 1 aliphatic carbocycles. The van der Waals surface area contributed by atoms with Gasteiger partial charge in [0.2, 0.25) is 0 Å². The molecule has 186 valence electrons. The maximum absolute atomic E-state index is 14.9. The molecule has 2 aromatic carbocycles. The molecule has 11 heteroatoms. The van der Waals surface area contributed by atoms with E-state index in [0.717, 1.165) is 54.0 Å². The minimum absolute atomic E-state index is 0.0771. The number of halogens is 3. The Morgan fingerprint density at radius 2 is 2.00 bits per heavy atom. The van der Waals surface area contributed by atoms with Gasteiger partial charge in [0.15, 0.2) is 5.13 Å². The van der Waals surface area contributed by atoms with Crippen LogP contribution in [0.2, 0.25) is 5.02 Å². The van der Waals surface area contributed by atoms with Gasteiger partial charge in [0, 0.05) is 34.2 Å². The quantitative estimate of drug-likeness (QED) is 0.297.